The maximum Gasteiger partial charge on any atom is 0.282 e. The number of aryl methyl sites for hydroxylation is 1. The second-order valence-corrected chi connectivity index (χ2v) is 8.09. The van der Waals surface area contributed by atoms with Gasteiger partial charge in [-0.25, -0.2) is 4.90 Å². The third kappa shape index (κ3) is 4.02. The predicted molar refractivity (Wildman–Crippen MR) is 128 cm³/mol. The van der Waals surface area contributed by atoms with Crippen LogP contribution < -0.4 is 15.0 Å². The Labute approximate surface area is 188 Å². The summed E-state index contributed by atoms with van der Waals surface area (Å²) in [5, 5.41) is 3.26. The highest BCUT2D eigenvalue weighted by Crippen LogP contribution is 2.35. The summed E-state index contributed by atoms with van der Waals surface area (Å²) in [5.41, 5.74) is 4.77. The van der Waals surface area contributed by atoms with E-state index in [4.69, 9.17) is 4.74 Å². The van der Waals surface area contributed by atoms with Crippen molar-refractivity contribution in [2.75, 3.05) is 10.2 Å². The minimum absolute atomic E-state index is 0.0376. The average Bonchev–Trinajstić information content (AvgIpc) is 3.02. The van der Waals surface area contributed by atoms with Gasteiger partial charge in [0.15, 0.2) is 0 Å². The fourth-order valence-electron chi connectivity index (χ4n) is 3.72. The molecule has 3 aromatic rings. The second kappa shape index (κ2) is 8.71. The van der Waals surface area contributed by atoms with Gasteiger partial charge in [-0.15, -0.1) is 0 Å². The van der Waals surface area contributed by atoms with E-state index in [0.717, 1.165) is 16.8 Å². The Morgan fingerprint density at radius 3 is 2.16 bits per heavy atom. The lowest BCUT2D eigenvalue weighted by Gasteiger charge is -2.17. The molecule has 0 spiro atoms. The Morgan fingerprint density at radius 2 is 1.50 bits per heavy atom. The molecule has 0 aromatic heterocycles. The largest absolute Gasteiger partial charge is 0.491 e. The van der Waals surface area contributed by atoms with Crippen molar-refractivity contribution in [2.45, 2.75) is 33.8 Å². The summed E-state index contributed by atoms with van der Waals surface area (Å²) in [6.07, 6.45) is 0.0376. The van der Waals surface area contributed by atoms with Crippen molar-refractivity contribution in [2.24, 2.45) is 0 Å². The van der Waals surface area contributed by atoms with Crippen LogP contribution in [0.15, 0.2) is 78.5 Å². The zero-order valence-electron chi connectivity index (χ0n) is 18.7. The summed E-state index contributed by atoms with van der Waals surface area (Å²) >= 11 is 0. The molecule has 0 unspecified atom stereocenters. The summed E-state index contributed by atoms with van der Waals surface area (Å²) in [6, 6.07) is 22.2. The molecule has 5 nitrogen and oxygen atoms in total. The minimum atomic E-state index is -0.382. The number of imide groups is 1. The Balaban J connectivity index is 1.76. The lowest BCUT2D eigenvalue weighted by Crippen LogP contribution is -2.32. The number of benzene rings is 3. The number of nitrogens with zero attached hydrogens (tertiary/aromatic N) is 1. The number of ether oxygens (including phenoxy) is 1. The Kier molecular flexibility index (Phi) is 5.82. The van der Waals surface area contributed by atoms with Crippen molar-refractivity contribution in [3.63, 3.8) is 0 Å². The van der Waals surface area contributed by atoms with E-state index in [0.29, 0.717) is 22.6 Å². The number of anilines is 2. The van der Waals surface area contributed by atoms with E-state index in [1.807, 2.05) is 76.2 Å². The van der Waals surface area contributed by atoms with E-state index < -0.39 is 0 Å². The van der Waals surface area contributed by atoms with Crippen molar-refractivity contribution in [1.82, 2.24) is 0 Å². The van der Waals surface area contributed by atoms with Gasteiger partial charge in [-0.1, -0.05) is 42.5 Å². The monoisotopic (exact) mass is 426 g/mol. The molecule has 0 radical (unpaired) electrons. The van der Waals surface area contributed by atoms with E-state index in [2.05, 4.69) is 5.32 Å². The van der Waals surface area contributed by atoms with Crippen LogP contribution in [0.25, 0.3) is 5.57 Å². The molecule has 0 atom stereocenters. The van der Waals surface area contributed by atoms with Crippen LogP contribution in [0, 0.1) is 13.8 Å². The topological polar surface area (TPSA) is 58.6 Å². The maximum atomic E-state index is 13.5. The van der Waals surface area contributed by atoms with E-state index >= 15 is 0 Å². The average molecular weight is 427 g/mol. The first-order valence-electron chi connectivity index (χ1n) is 10.6. The zero-order chi connectivity index (χ0) is 22.8. The smallest absolute Gasteiger partial charge is 0.282 e. The van der Waals surface area contributed by atoms with E-state index in [9.17, 15) is 9.59 Å². The van der Waals surface area contributed by atoms with Gasteiger partial charge in [0.1, 0.15) is 11.4 Å². The number of carbonyl (C=O) groups is 2. The number of carbonyl (C=O) groups excluding carboxylic acids is 2. The molecule has 5 heteroatoms. The molecule has 32 heavy (non-hydrogen) atoms. The van der Waals surface area contributed by atoms with Gasteiger partial charge in [-0.3, -0.25) is 9.59 Å². The molecular weight excluding hydrogens is 400 g/mol. The highest BCUT2D eigenvalue weighted by molar-refractivity contribution is 6.46. The third-order valence-corrected chi connectivity index (χ3v) is 5.48. The summed E-state index contributed by atoms with van der Waals surface area (Å²) in [5.74, 6) is -0.0494. The highest BCUT2D eigenvalue weighted by atomic mass is 16.5. The Morgan fingerprint density at radius 1 is 0.812 bits per heavy atom. The quantitative estimate of drug-likeness (QED) is 0.530. The minimum Gasteiger partial charge on any atom is -0.491 e. The molecule has 0 aliphatic carbocycles. The molecule has 1 aliphatic rings. The molecule has 0 fully saturated rings. The van der Waals surface area contributed by atoms with Crippen LogP contribution in [0.5, 0.6) is 5.75 Å². The number of rotatable bonds is 6. The SMILES string of the molecule is Cc1cccc(NC2=C(c3ccccc3)C(=O)N(c3ccc(OC(C)C)cc3)C2=O)c1C. The third-order valence-electron chi connectivity index (χ3n) is 5.48. The normalized spacial score (nSPS) is 13.8. The zero-order valence-corrected chi connectivity index (χ0v) is 18.7. The van der Waals surface area contributed by atoms with Crippen molar-refractivity contribution in [3.05, 3.63) is 95.2 Å². The number of hydrogen-bond donors (Lipinski definition) is 1. The fraction of sp³-hybridized carbons (Fsp3) is 0.185. The van der Waals surface area contributed by atoms with Gasteiger partial charge in [0.05, 0.1) is 17.4 Å². The van der Waals surface area contributed by atoms with Crippen LogP contribution in [-0.2, 0) is 9.59 Å². The van der Waals surface area contributed by atoms with Crippen molar-refractivity contribution >= 4 is 28.8 Å². The summed E-state index contributed by atoms with van der Waals surface area (Å²) in [6.45, 7) is 7.90. The van der Waals surface area contributed by atoms with Gasteiger partial charge in [0.25, 0.3) is 11.8 Å². The predicted octanol–water partition coefficient (Wildman–Crippen LogP) is 5.49. The highest BCUT2D eigenvalue weighted by Gasteiger charge is 2.40. The Bertz CT molecular complexity index is 1200. The summed E-state index contributed by atoms with van der Waals surface area (Å²) in [7, 11) is 0. The number of hydrogen-bond acceptors (Lipinski definition) is 4. The van der Waals surface area contributed by atoms with Crippen LogP contribution in [-0.4, -0.2) is 17.9 Å². The molecule has 1 heterocycles. The number of nitrogens with one attached hydrogen (secondary N) is 1. The van der Waals surface area contributed by atoms with Crippen molar-refractivity contribution < 1.29 is 14.3 Å². The molecule has 1 aliphatic heterocycles. The van der Waals surface area contributed by atoms with Gasteiger partial charge in [0, 0.05) is 5.69 Å². The van der Waals surface area contributed by atoms with Crippen LogP contribution in [0.1, 0.15) is 30.5 Å². The molecule has 4 rings (SSSR count). The molecule has 0 saturated carbocycles. The lowest BCUT2D eigenvalue weighted by molar-refractivity contribution is -0.120. The first-order chi connectivity index (χ1) is 15.4. The summed E-state index contributed by atoms with van der Waals surface area (Å²) < 4.78 is 5.69. The lowest BCUT2D eigenvalue weighted by atomic mass is 10.0. The van der Waals surface area contributed by atoms with E-state index in [-0.39, 0.29) is 23.6 Å². The molecule has 0 bridgehead atoms. The molecule has 1 N–H and O–H groups in total. The van der Waals surface area contributed by atoms with Gasteiger partial charge in [-0.2, -0.15) is 0 Å². The van der Waals surface area contributed by atoms with Gasteiger partial charge in [-0.05, 0) is 74.7 Å². The van der Waals surface area contributed by atoms with Gasteiger partial charge in [0.2, 0.25) is 0 Å². The van der Waals surface area contributed by atoms with Crippen LogP contribution in [0.4, 0.5) is 11.4 Å². The second-order valence-electron chi connectivity index (χ2n) is 8.09. The van der Waals surface area contributed by atoms with E-state index in [1.165, 1.54) is 4.90 Å². The summed E-state index contributed by atoms with van der Waals surface area (Å²) in [4.78, 5) is 28.2. The number of amides is 2. The molecule has 3 aromatic carbocycles. The standard InChI is InChI=1S/C27H26N2O3/c1-17(2)32-22-15-13-21(14-16-22)29-26(30)24(20-10-6-5-7-11-20)25(27(29)31)28-23-12-8-9-18(3)19(23)4/h5-17,28H,1-4H3. The van der Waals surface area contributed by atoms with Gasteiger partial charge < -0.3 is 10.1 Å². The van der Waals surface area contributed by atoms with E-state index in [1.54, 1.807) is 24.3 Å². The molecule has 162 valence electrons. The molecular formula is C27H26N2O3. The Hall–Kier alpha value is -3.86. The van der Waals surface area contributed by atoms with Gasteiger partial charge >= 0.3 is 0 Å². The van der Waals surface area contributed by atoms with Crippen LogP contribution in [0.3, 0.4) is 0 Å². The van der Waals surface area contributed by atoms with Crippen molar-refractivity contribution in [3.8, 4) is 5.75 Å². The first kappa shape index (κ1) is 21.4. The fourth-order valence-corrected chi connectivity index (χ4v) is 3.72. The maximum absolute atomic E-state index is 13.5. The first-order valence-corrected chi connectivity index (χ1v) is 10.6. The van der Waals surface area contributed by atoms with Crippen molar-refractivity contribution in [1.29, 1.82) is 0 Å². The molecule has 2 amide bonds. The molecule has 0 saturated heterocycles. The van der Waals surface area contributed by atoms with Crippen LogP contribution >= 0.6 is 0 Å². The van der Waals surface area contributed by atoms with Crippen LogP contribution in [0.2, 0.25) is 0 Å².